The number of furan rings is 1. The average molecular weight is 299 g/mol. The van der Waals surface area contributed by atoms with Gasteiger partial charge in [0.15, 0.2) is 5.76 Å². The normalized spacial score (nSPS) is 10.6. The number of aromatic carboxylic acids is 1. The van der Waals surface area contributed by atoms with E-state index in [4.69, 9.17) is 9.15 Å². The van der Waals surface area contributed by atoms with Gasteiger partial charge >= 0.3 is 5.97 Å². The molecular weight excluding hydrogens is 286 g/mol. The molecule has 7 nitrogen and oxygen atoms in total. The molecule has 0 aliphatic rings. The summed E-state index contributed by atoms with van der Waals surface area (Å²) in [6.45, 7) is 2.35. The number of carboxylic acids is 1. The Balaban J connectivity index is 2.22. The fourth-order valence-electron chi connectivity index (χ4n) is 2.14. The van der Waals surface area contributed by atoms with Gasteiger partial charge < -0.3 is 14.3 Å². The standard InChI is InChI=1S/C15H13N3O4/c1-2-21-11-7-4-3-6-10(11)18-14(12-8-5-9-22-12)13(15(19)20)16-17-18/h3-9H,2H2,1H3,(H,19,20). The van der Waals surface area contributed by atoms with E-state index < -0.39 is 5.97 Å². The van der Waals surface area contributed by atoms with Crippen LogP contribution in [-0.2, 0) is 0 Å². The predicted molar refractivity (Wildman–Crippen MR) is 77.2 cm³/mol. The fourth-order valence-corrected chi connectivity index (χ4v) is 2.14. The molecule has 1 N–H and O–H groups in total. The van der Waals surface area contributed by atoms with E-state index in [1.54, 1.807) is 24.3 Å². The summed E-state index contributed by atoms with van der Waals surface area (Å²) in [4.78, 5) is 11.4. The van der Waals surface area contributed by atoms with Crippen LogP contribution in [0, 0.1) is 0 Å². The van der Waals surface area contributed by atoms with Crippen LogP contribution in [-0.4, -0.2) is 32.7 Å². The number of aromatic nitrogens is 3. The molecule has 22 heavy (non-hydrogen) atoms. The van der Waals surface area contributed by atoms with Crippen LogP contribution >= 0.6 is 0 Å². The van der Waals surface area contributed by atoms with Crippen LogP contribution in [0.25, 0.3) is 17.1 Å². The van der Waals surface area contributed by atoms with Crippen molar-refractivity contribution in [1.82, 2.24) is 15.0 Å². The SMILES string of the molecule is CCOc1ccccc1-n1nnc(C(=O)O)c1-c1ccco1. The van der Waals surface area contributed by atoms with Gasteiger partial charge in [0.25, 0.3) is 0 Å². The van der Waals surface area contributed by atoms with Crippen LogP contribution < -0.4 is 4.74 Å². The molecule has 112 valence electrons. The summed E-state index contributed by atoms with van der Waals surface area (Å²) in [6, 6.07) is 10.5. The van der Waals surface area contributed by atoms with Gasteiger partial charge in [-0.2, -0.15) is 0 Å². The Hall–Kier alpha value is -3.09. The second-order valence-corrected chi connectivity index (χ2v) is 4.38. The molecule has 0 atom stereocenters. The molecule has 0 saturated heterocycles. The molecule has 0 aliphatic heterocycles. The van der Waals surface area contributed by atoms with Gasteiger partial charge in [0.2, 0.25) is 5.69 Å². The van der Waals surface area contributed by atoms with Gasteiger partial charge in [0, 0.05) is 0 Å². The van der Waals surface area contributed by atoms with E-state index in [0.717, 1.165) is 0 Å². The second kappa shape index (κ2) is 5.72. The van der Waals surface area contributed by atoms with Gasteiger partial charge in [-0.1, -0.05) is 17.3 Å². The predicted octanol–water partition coefficient (Wildman–Crippen LogP) is 2.62. The molecule has 3 aromatic rings. The lowest BCUT2D eigenvalue weighted by atomic mass is 10.2. The van der Waals surface area contributed by atoms with E-state index in [2.05, 4.69) is 10.3 Å². The Kier molecular flexibility index (Phi) is 3.61. The van der Waals surface area contributed by atoms with Crippen LogP contribution in [0.4, 0.5) is 0 Å². The zero-order valence-corrected chi connectivity index (χ0v) is 11.8. The number of benzene rings is 1. The Bertz CT molecular complexity index is 793. The monoisotopic (exact) mass is 299 g/mol. The first-order valence-corrected chi connectivity index (χ1v) is 6.67. The van der Waals surface area contributed by atoms with Crippen molar-refractivity contribution < 1.29 is 19.1 Å². The van der Waals surface area contributed by atoms with Crippen molar-refractivity contribution >= 4 is 5.97 Å². The van der Waals surface area contributed by atoms with E-state index >= 15 is 0 Å². The van der Waals surface area contributed by atoms with E-state index in [1.165, 1.54) is 10.9 Å². The summed E-state index contributed by atoms with van der Waals surface area (Å²) in [5.74, 6) is -0.222. The number of nitrogens with zero attached hydrogens (tertiary/aromatic N) is 3. The molecule has 1 aromatic carbocycles. The van der Waals surface area contributed by atoms with Gasteiger partial charge in [-0.25, -0.2) is 9.48 Å². The minimum Gasteiger partial charge on any atom is -0.492 e. The fraction of sp³-hybridized carbons (Fsp3) is 0.133. The quantitative estimate of drug-likeness (QED) is 0.778. The zero-order chi connectivity index (χ0) is 15.5. The molecular formula is C15H13N3O4. The third-order valence-electron chi connectivity index (χ3n) is 3.02. The molecule has 0 unspecified atom stereocenters. The number of carboxylic acid groups (broad SMARTS) is 1. The lowest BCUT2D eigenvalue weighted by molar-refractivity contribution is 0.0691. The molecule has 3 rings (SSSR count). The van der Waals surface area contributed by atoms with Crippen LogP contribution in [0.15, 0.2) is 47.1 Å². The van der Waals surface area contributed by atoms with Crippen molar-refractivity contribution in [3.05, 3.63) is 48.4 Å². The first-order chi connectivity index (χ1) is 10.7. The number of hydrogen-bond acceptors (Lipinski definition) is 5. The molecule has 2 aromatic heterocycles. The van der Waals surface area contributed by atoms with Crippen molar-refractivity contribution in [3.8, 4) is 22.9 Å². The minimum absolute atomic E-state index is 0.179. The van der Waals surface area contributed by atoms with E-state index in [0.29, 0.717) is 23.8 Å². The molecule has 2 heterocycles. The largest absolute Gasteiger partial charge is 0.492 e. The number of hydrogen-bond donors (Lipinski definition) is 1. The van der Waals surface area contributed by atoms with Crippen LogP contribution in [0.5, 0.6) is 5.75 Å². The summed E-state index contributed by atoms with van der Waals surface area (Å²) in [7, 11) is 0. The van der Waals surface area contributed by atoms with Gasteiger partial charge in [-0.05, 0) is 31.2 Å². The third-order valence-corrected chi connectivity index (χ3v) is 3.02. The van der Waals surface area contributed by atoms with Gasteiger partial charge in [0.05, 0.1) is 12.9 Å². The molecule has 7 heteroatoms. The molecule has 0 radical (unpaired) electrons. The molecule has 0 spiro atoms. The van der Waals surface area contributed by atoms with E-state index in [1.807, 2.05) is 19.1 Å². The highest BCUT2D eigenvalue weighted by Crippen LogP contribution is 2.30. The van der Waals surface area contributed by atoms with E-state index in [-0.39, 0.29) is 11.4 Å². The highest BCUT2D eigenvalue weighted by molar-refractivity contribution is 5.92. The highest BCUT2D eigenvalue weighted by atomic mass is 16.5. The maximum atomic E-state index is 11.4. The summed E-state index contributed by atoms with van der Waals surface area (Å²) >= 11 is 0. The molecule has 0 saturated carbocycles. The van der Waals surface area contributed by atoms with Gasteiger partial charge in [0.1, 0.15) is 17.1 Å². The summed E-state index contributed by atoms with van der Waals surface area (Å²) in [6.07, 6.45) is 1.47. The minimum atomic E-state index is -1.17. The maximum Gasteiger partial charge on any atom is 0.358 e. The molecule has 0 aliphatic carbocycles. The summed E-state index contributed by atoms with van der Waals surface area (Å²) in [5, 5.41) is 17.0. The topological polar surface area (TPSA) is 90.4 Å². The lowest BCUT2D eigenvalue weighted by Crippen LogP contribution is -2.05. The van der Waals surface area contributed by atoms with Gasteiger partial charge in [-0.3, -0.25) is 0 Å². The number of para-hydroxylation sites is 2. The third kappa shape index (κ3) is 2.32. The van der Waals surface area contributed by atoms with Crippen molar-refractivity contribution in [1.29, 1.82) is 0 Å². The molecule has 0 fully saturated rings. The summed E-state index contributed by atoms with van der Waals surface area (Å²) < 4.78 is 12.3. The molecule has 0 amide bonds. The second-order valence-electron chi connectivity index (χ2n) is 4.38. The first kappa shape index (κ1) is 13.9. The lowest BCUT2D eigenvalue weighted by Gasteiger charge is -2.11. The zero-order valence-electron chi connectivity index (χ0n) is 11.8. The van der Waals surface area contributed by atoms with Crippen LogP contribution in [0.3, 0.4) is 0 Å². The number of rotatable bonds is 5. The maximum absolute atomic E-state index is 11.4. The Labute approximate surface area is 125 Å². The smallest absolute Gasteiger partial charge is 0.358 e. The average Bonchev–Trinajstić information content (AvgIpc) is 3.17. The Morgan fingerprint density at radius 3 is 2.82 bits per heavy atom. The Morgan fingerprint density at radius 2 is 2.14 bits per heavy atom. The van der Waals surface area contributed by atoms with Gasteiger partial charge in [-0.15, -0.1) is 5.10 Å². The Morgan fingerprint density at radius 1 is 1.32 bits per heavy atom. The van der Waals surface area contributed by atoms with Crippen molar-refractivity contribution in [3.63, 3.8) is 0 Å². The summed E-state index contributed by atoms with van der Waals surface area (Å²) in [5.41, 5.74) is 0.682. The van der Waals surface area contributed by atoms with Crippen molar-refractivity contribution in [2.45, 2.75) is 6.92 Å². The van der Waals surface area contributed by atoms with Crippen molar-refractivity contribution in [2.75, 3.05) is 6.61 Å². The number of ether oxygens (including phenoxy) is 1. The van der Waals surface area contributed by atoms with Crippen molar-refractivity contribution in [2.24, 2.45) is 0 Å². The van der Waals surface area contributed by atoms with Crippen LogP contribution in [0.2, 0.25) is 0 Å². The highest BCUT2D eigenvalue weighted by Gasteiger charge is 2.24. The molecule has 0 bridgehead atoms. The first-order valence-electron chi connectivity index (χ1n) is 6.67. The van der Waals surface area contributed by atoms with E-state index in [9.17, 15) is 9.90 Å². The van der Waals surface area contributed by atoms with Crippen LogP contribution in [0.1, 0.15) is 17.4 Å². The number of carbonyl (C=O) groups is 1.